The van der Waals surface area contributed by atoms with Gasteiger partial charge in [0.1, 0.15) is 5.82 Å². The van der Waals surface area contributed by atoms with Crippen molar-refractivity contribution in [3.63, 3.8) is 0 Å². The highest BCUT2D eigenvalue weighted by Crippen LogP contribution is 2.23. The van der Waals surface area contributed by atoms with E-state index >= 15 is 0 Å². The number of nitrogens with one attached hydrogen (secondary N) is 2. The predicted molar refractivity (Wildman–Crippen MR) is 73.8 cm³/mol. The van der Waals surface area contributed by atoms with Gasteiger partial charge in [0, 0.05) is 5.69 Å². The van der Waals surface area contributed by atoms with E-state index in [1.807, 2.05) is 4.72 Å². The molecule has 0 fully saturated rings. The minimum absolute atomic E-state index is 0.118. The van der Waals surface area contributed by atoms with Crippen LogP contribution in [-0.4, -0.2) is 24.5 Å². The van der Waals surface area contributed by atoms with Crippen LogP contribution in [0.2, 0.25) is 0 Å². The number of carbonyl (C=O) groups is 1. The number of aromatic amines is 1. The van der Waals surface area contributed by atoms with Gasteiger partial charge in [0.05, 0.1) is 11.3 Å². The molecule has 0 aliphatic carbocycles. The fourth-order valence-corrected chi connectivity index (χ4v) is 3.93. The van der Waals surface area contributed by atoms with E-state index in [0.29, 0.717) is 11.3 Å². The lowest BCUT2D eigenvalue weighted by molar-refractivity contribution is 0.0697. The predicted octanol–water partition coefficient (Wildman–Crippen LogP) is 1.38. The van der Waals surface area contributed by atoms with Crippen molar-refractivity contribution < 1.29 is 22.7 Å². The van der Waals surface area contributed by atoms with E-state index < -0.39 is 32.4 Å². The van der Waals surface area contributed by atoms with E-state index in [0.717, 1.165) is 18.2 Å². The number of halogens is 1. The second-order valence-electron chi connectivity index (χ2n) is 4.03. The van der Waals surface area contributed by atoms with Crippen LogP contribution in [0.25, 0.3) is 0 Å². The minimum Gasteiger partial charge on any atom is -0.478 e. The molecule has 0 aliphatic rings. The molecule has 10 heteroatoms. The first-order valence-electron chi connectivity index (χ1n) is 5.46. The summed E-state index contributed by atoms with van der Waals surface area (Å²) in [4.78, 5) is 23.7. The van der Waals surface area contributed by atoms with Crippen LogP contribution < -0.4 is 9.60 Å². The molecule has 3 N–H and O–H groups in total. The van der Waals surface area contributed by atoms with Gasteiger partial charge in [-0.25, -0.2) is 17.6 Å². The zero-order valence-electron chi connectivity index (χ0n) is 10.5. The number of aromatic carboxylic acids is 1. The van der Waals surface area contributed by atoms with Gasteiger partial charge in [0.25, 0.3) is 10.0 Å². The molecule has 0 atom stereocenters. The van der Waals surface area contributed by atoms with Crippen molar-refractivity contribution >= 4 is 33.0 Å². The second kappa shape index (κ2) is 5.30. The molecule has 0 bridgehead atoms. The third kappa shape index (κ3) is 3.11. The Morgan fingerprint density at radius 3 is 2.62 bits per heavy atom. The lowest BCUT2D eigenvalue weighted by Crippen LogP contribution is -2.14. The largest absolute Gasteiger partial charge is 0.478 e. The van der Waals surface area contributed by atoms with Gasteiger partial charge in [-0.3, -0.25) is 9.52 Å². The molecule has 1 aromatic carbocycles. The van der Waals surface area contributed by atoms with Gasteiger partial charge in [0.2, 0.25) is 0 Å². The van der Waals surface area contributed by atoms with Crippen LogP contribution >= 0.6 is 11.3 Å². The molecule has 1 heterocycles. The molecular weight excluding hydrogens is 323 g/mol. The summed E-state index contributed by atoms with van der Waals surface area (Å²) in [5.41, 5.74) is -0.657. The summed E-state index contributed by atoms with van der Waals surface area (Å²) in [5.74, 6) is -2.25. The van der Waals surface area contributed by atoms with Crippen LogP contribution in [0.5, 0.6) is 0 Å². The normalized spacial score (nSPS) is 11.3. The summed E-state index contributed by atoms with van der Waals surface area (Å²) in [6.07, 6.45) is 0. The first kappa shape index (κ1) is 15.2. The van der Waals surface area contributed by atoms with E-state index in [1.165, 1.54) is 6.92 Å². The molecule has 0 saturated carbocycles. The highest BCUT2D eigenvalue weighted by Gasteiger charge is 2.22. The topological polar surface area (TPSA) is 116 Å². The zero-order valence-corrected chi connectivity index (χ0v) is 12.1. The Balaban J connectivity index is 2.46. The van der Waals surface area contributed by atoms with Crippen LogP contribution in [0.3, 0.4) is 0 Å². The Morgan fingerprint density at radius 1 is 1.43 bits per heavy atom. The van der Waals surface area contributed by atoms with Gasteiger partial charge >= 0.3 is 10.8 Å². The number of rotatable bonds is 4. The van der Waals surface area contributed by atoms with E-state index in [2.05, 4.69) is 4.98 Å². The smallest absolute Gasteiger partial charge is 0.335 e. The number of carboxylic acids is 1. The minimum atomic E-state index is -4.18. The van der Waals surface area contributed by atoms with Crippen molar-refractivity contribution in [2.45, 2.75) is 11.1 Å². The van der Waals surface area contributed by atoms with Gasteiger partial charge in [-0.15, -0.1) is 0 Å². The summed E-state index contributed by atoms with van der Waals surface area (Å²) in [7, 11) is -4.18. The molecule has 0 spiro atoms. The standard InChI is InChI=1S/C11H9FN2O5S2/c1-5-10(20-11(17)13-5)21(18,19)14-8-4-6(9(15)16)2-3-7(8)12/h2-4,14H,1H3,(H,13,17)(H,15,16). The summed E-state index contributed by atoms with van der Waals surface area (Å²) in [5, 5.41) is 8.82. The first-order chi connectivity index (χ1) is 9.70. The van der Waals surface area contributed by atoms with E-state index in [4.69, 9.17) is 5.11 Å². The number of aryl methyl sites for hydroxylation is 1. The number of H-pyrrole nitrogens is 1. The molecule has 2 aromatic rings. The van der Waals surface area contributed by atoms with Crippen LogP contribution in [0.1, 0.15) is 16.1 Å². The lowest BCUT2D eigenvalue weighted by Gasteiger charge is -2.08. The quantitative estimate of drug-likeness (QED) is 0.782. The van der Waals surface area contributed by atoms with Crippen molar-refractivity contribution in [1.29, 1.82) is 0 Å². The van der Waals surface area contributed by atoms with Crippen molar-refractivity contribution in [2.75, 3.05) is 4.72 Å². The maximum Gasteiger partial charge on any atom is 0.335 e. The van der Waals surface area contributed by atoms with Crippen molar-refractivity contribution in [1.82, 2.24) is 4.98 Å². The Bertz CT molecular complexity index is 869. The molecule has 0 unspecified atom stereocenters. The third-order valence-corrected chi connectivity index (χ3v) is 5.45. The van der Waals surface area contributed by atoms with Crippen LogP contribution in [0.4, 0.5) is 10.1 Å². The van der Waals surface area contributed by atoms with Gasteiger partial charge in [-0.05, 0) is 25.1 Å². The molecule has 0 amide bonds. The molecule has 2 rings (SSSR count). The molecule has 0 saturated heterocycles. The van der Waals surface area contributed by atoms with Crippen LogP contribution in [0.15, 0.2) is 27.2 Å². The number of carboxylic acid groups (broad SMARTS) is 1. The highest BCUT2D eigenvalue weighted by molar-refractivity contribution is 7.94. The van der Waals surface area contributed by atoms with Gasteiger partial charge in [-0.1, -0.05) is 11.3 Å². The molecule has 0 radical (unpaired) electrons. The van der Waals surface area contributed by atoms with Gasteiger partial charge in [-0.2, -0.15) is 0 Å². The summed E-state index contributed by atoms with van der Waals surface area (Å²) in [6, 6.07) is 2.71. The molecule has 7 nitrogen and oxygen atoms in total. The number of sulfonamides is 1. The molecular formula is C11H9FN2O5S2. The number of hydrogen-bond acceptors (Lipinski definition) is 5. The summed E-state index contributed by atoms with van der Waals surface area (Å²) >= 11 is 0.457. The van der Waals surface area contributed by atoms with Crippen molar-refractivity contribution in [3.05, 3.63) is 44.9 Å². The summed E-state index contributed by atoms with van der Waals surface area (Å²) < 4.78 is 39.4. The Hall–Kier alpha value is -2.20. The molecule has 0 aliphatic heterocycles. The fourth-order valence-electron chi connectivity index (χ4n) is 1.57. The van der Waals surface area contributed by atoms with Crippen LogP contribution in [0, 0.1) is 12.7 Å². The first-order valence-corrected chi connectivity index (χ1v) is 7.76. The number of anilines is 1. The van der Waals surface area contributed by atoms with Crippen molar-refractivity contribution in [2.24, 2.45) is 0 Å². The van der Waals surface area contributed by atoms with Gasteiger partial charge in [0.15, 0.2) is 4.21 Å². The average Bonchev–Trinajstić information content (AvgIpc) is 2.71. The fraction of sp³-hybridized carbons (Fsp3) is 0.0909. The second-order valence-corrected chi connectivity index (χ2v) is 6.89. The Labute approximate surface area is 122 Å². The number of hydrogen-bond donors (Lipinski definition) is 3. The maximum atomic E-state index is 13.6. The molecule has 1 aromatic heterocycles. The Morgan fingerprint density at radius 2 is 2.10 bits per heavy atom. The monoisotopic (exact) mass is 332 g/mol. The zero-order chi connectivity index (χ0) is 15.8. The van der Waals surface area contributed by atoms with Gasteiger partial charge < -0.3 is 10.1 Å². The van der Waals surface area contributed by atoms with Crippen LogP contribution in [-0.2, 0) is 10.0 Å². The number of benzene rings is 1. The van der Waals surface area contributed by atoms with Crippen molar-refractivity contribution in [3.8, 4) is 0 Å². The SMILES string of the molecule is Cc1[nH]c(=O)sc1S(=O)(=O)Nc1cc(C(=O)O)ccc1F. The molecule has 21 heavy (non-hydrogen) atoms. The van der Waals surface area contributed by atoms with E-state index in [9.17, 15) is 22.4 Å². The lowest BCUT2D eigenvalue weighted by atomic mass is 10.2. The Kier molecular flexibility index (Phi) is 3.83. The summed E-state index contributed by atoms with van der Waals surface area (Å²) in [6.45, 7) is 1.39. The maximum absolute atomic E-state index is 13.6. The molecule has 112 valence electrons. The van der Waals surface area contributed by atoms with E-state index in [1.54, 1.807) is 0 Å². The van der Waals surface area contributed by atoms with E-state index in [-0.39, 0.29) is 15.5 Å². The third-order valence-electron chi connectivity index (χ3n) is 2.48. The average molecular weight is 332 g/mol. The highest BCUT2D eigenvalue weighted by atomic mass is 32.2. The number of aromatic nitrogens is 1. The number of thiazole rings is 1.